The summed E-state index contributed by atoms with van der Waals surface area (Å²) in [6.07, 6.45) is 0. The maximum Gasteiger partial charge on any atom is 0.136 e. The number of hydrogen-bond acceptors (Lipinski definition) is 4. The Morgan fingerprint density at radius 1 is 1.24 bits per heavy atom. The zero-order valence-corrected chi connectivity index (χ0v) is 10.4. The lowest BCUT2D eigenvalue weighted by Crippen LogP contribution is -2.01. The van der Waals surface area contributed by atoms with Crippen molar-refractivity contribution in [3.8, 4) is 0 Å². The molecule has 88 valence electrons. The molecule has 0 radical (unpaired) electrons. The van der Waals surface area contributed by atoms with Gasteiger partial charge in [-0.2, -0.15) is 0 Å². The molecular weight excluding hydrogens is 236 g/mol. The number of aryl methyl sites for hydroxylation is 2. The van der Waals surface area contributed by atoms with Crippen molar-refractivity contribution in [1.29, 1.82) is 0 Å². The van der Waals surface area contributed by atoms with Crippen molar-refractivity contribution in [2.75, 3.05) is 11.1 Å². The molecule has 0 saturated carbocycles. The van der Waals surface area contributed by atoms with Gasteiger partial charge >= 0.3 is 0 Å². The van der Waals surface area contributed by atoms with Gasteiger partial charge in [0.05, 0.1) is 10.7 Å². The third-order valence-corrected chi connectivity index (χ3v) is 2.65. The van der Waals surface area contributed by atoms with E-state index in [2.05, 4.69) is 15.3 Å². The summed E-state index contributed by atoms with van der Waals surface area (Å²) in [6.45, 7) is 3.77. The fraction of sp³-hybridized carbons (Fsp3) is 0.167. The Morgan fingerprint density at radius 3 is 2.65 bits per heavy atom. The van der Waals surface area contributed by atoms with Gasteiger partial charge in [-0.15, -0.1) is 0 Å². The summed E-state index contributed by atoms with van der Waals surface area (Å²) in [4.78, 5) is 8.27. The Balaban J connectivity index is 2.38. The van der Waals surface area contributed by atoms with E-state index in [1.54, 1.807) is 13.0 Å². The number of rotatable bonds is 2. The SMILES string of the molecule is Cc1nc(N)cc(Nc2c(C)cccc2Cl)n1. The number of nitrogen functional groups attached to an aromatic ring is 1. The smallest absolute Gasteiger partial charge is 0.136 e. The summed E-state index contributed by atoms with van der Waals surface area (Å²) < 4.78 is 0. The van der Waals surface area contributed by atoms with Crippen LogP contribution in [0.25, 0.3) is 0 Å². The van der Waals surface area contributed by atoms with E-state index in [4.69, 9.17) is 17.3 Å². The van der Waals surface area contributed by atoms with Crippen molar-refractivity contribution in [1.82, 2.24) is 9.97 Å². The fourth-order valence-electron chi connectivity index (χ4n) is 1.57. The Kier molecular flexibility index (Phi) is 3.15. The maximum absolute atomic E-state index is 6.12. The second kappa shape index (κ2) is 4.59. The van der Waals surface area contributed by atoms with Crippen molar-refractivity contribution in [2.24, 2.45) is 0 Å². The van der Waals surface area contributed by atoms with Crippen LogP contribution in [0, 0.1) is 13.8 Å². The first-order valence-electron chi connectivity index (χ1n) is 5.19. The monoisotopic (exact) mass is 248 g/mol. The van der Waals surface area contributed by atoms with Gasteiger partial charge < -0.3 is 11.1 Å². The molecule has 0 atom stereocenters. The van der Waals surface area contributed by atoms with Crippen LogP contribution in [0.1, 0.15) is 11.4 Å². The van der Waals surface area contributed by atoms with Crippen LogP contribution in [0.15, 0.2) is 24.3 Å². The van der Waals surface area contributed by atoms with E-state index >= 15 is 0 Å². The standard InChI is InChI=1S/C12H13ClN4/c1-7-4-3-5-9(13)12(7)17-11-6-10(14)15-8(2)16-11/h3-6H,1-2H3,(H3,14,15,16,17). The minimum absolute atomic E-state index is 0.435. The molecule has 0 aliphatic heterocycles. The van der Waals surface area contributed by atoms with Gasteiger partial charge in [-0.1, -0.05) is 23.7 Å². The number of nitrogens with two attached hydrogens (primary N) is 1. The zero-order valence-electron chi connectivity index (χ0n) is 9.66. The predicted molar refractivity (Wildman–Crippen MR) is 70.7 cm³/mol. The van der Waals surface area contributed by atoms with E-state index in [1.165, 1.54) is 0 Å². The van der Waals surface area contributed by atoms with Crippen molar-refractivity contribution in [3.05, 3.63) is 40.7 Å². The zero-order chi connectivity index (χ0) is 12.4. The normalized spacial score (nSPS) is 10.3. The molecule has 0 aliphatic rings. The minimum Gasteiger partial charge on any atom is -0.384 e. The van der Waals surface area contributed by atoms with E-state index < -0.39 is 0 Å². The molecular formula is C12H13ClN4. The summed E-state index contributed by atoms with van der Waals surface area (Å²) >= 11 is 6.12. The average molecular weight is 249 g/mol. The number of nitrogens with zero attached hydrogens (tertiary/aromatic N) is 2. The molecule has 0 unspecified atom stereocenters. The molecule has 0 amide bonds. The Hall–Kier alpha value is -1.81. The summed E-state index contributed by atoms with van der Waals surface area (Å²) in [7, 11) is 0. The number of para-hydroxylation sites is 1. The number of anilines is 3. The minimum atomic E-state index is 0.435. The van der Waals surface area contributed by atoms with Crippen molar-refractivity contribution < 1.29 is 0 Å². The molecule has 4 nitrogen and oxygen atoms in total. The molecule has 0 saturated heterocycles. The Labute approximate surface area is 105 Å². The number of halogens is 1. The third-order valence-electron chi connectivity index (χ3n) is 2.33. The van der Waals surface area contributed by atoms with E-state index in [1.807, 2.05) is 25.1 Å². The van der Waals surface area contributed by atoms with Gasteiger partial charge in [0.2, 0.25) is 0 Å². The second-order valence-electron chi connectivity index (χ2n) is 3.78. The number of hydrogen-bond donors (Lipinski definition) is 2. The number of aromatic nitrogens is 2. The van der Waals surface area contributed by atoms with Crippen LogP contribution in [0.4, 0.5) is 17.3 Å². The Morgan fingerprint density at radius 2 is 2.00 bits per heavy atom. The molecule has 2 aromatic rings. The lowest BCUT2D eigenvalue weighted by Gasteiger charge is -2.11. The van der Waals surface area contributed by atoms with Gasteiger partial charge in [-0.05, 0) is 25.5 Å². The van der Waals surface area contributed by atoms with Crippen LogP contribution in [-0.4, -0.2) is 9.97 Å². The first-order valence-corrected chi connectivity index (χ1v) is 5.57. The number of nitrogens with one attached hydrogen (secondary N) is 1. The largest absolute Gasteiger partial charge is 0.384 e. The van der Waals surface area contributed by atoms with Crippen LogP contribution in [0.5, 0.6) is 0 Å². The molecule has 1 heterocycles. The molecule has 1 aromatic heterocycles. The van der Waals surface area contributed by atoms with E-state index in [0.29, 0.717) is 22.5 Å². The van der Waals surface area contributed by atoms with Crippen molar-refractivity contribution >= 4 is 28.9 Å². The topological polar surface area (TPSA) is 63.8 Å². The van der Waals surface area contributed by atoms with Gasteiger partial charge in [0, 0.05) is 6.07 Å². The first kappa shape index (κ1) is 11.7. The average Bonchev–Trinajstić information content (AvgIpc) is 2.22. The van der Waals surface area contributed by atoms with E-state index in [-0.39, 0.29) is 0 Å². The molecule has 0 spiro atoms. The van der Waals surface area contributed by atoms with Crippen LogP contribution in [0.2, 0.25) is 5.02 Å². The van der Waals surface area contributed by atoms with Gasteiger partial charge in [0.25, 0.3) is 0 Å². The molecule has 3 N–H and O–H groups in total. The third kappa shape index (κ3) is 2.65. The van der Waals surface area contributed by atoms with Crippen molar-refractivity contribution in [2.45, 2.75) is 13.8 Å². The molecule has 1 aromatic carbocycles. The lowest BCUT2D eigenvalue weighted by atomic mass is 10.2. The van der Waals surface area contributed by atoms with Gasteiger partial charge in [0.1, 0.15) is 17.5 Å². The number of benzene rings is 1. The van der Waals surface area contributed by atoms with Crippen LogP contribution in [-0.2, 0) is 0 Å². The van der Waals surface area contributed by atoms with Crippen LogP contribution in [0.3, 0.4) is 0 Å². The molecule has 0 fully saturated rings. The first-order chi connectivity index (χ1) is 8.06. The Bertz CT molecular complexity index is 514. The predicted octanol–water partition coefficient (Wildman–Crippen LogP) is 3.07. The second-order valence-corrected chi connectivity index (χ2v) is 4.19. The highest BCUT2D eigenvalue weighted by atomic mass is 35.5. The highest BCUT2D eigenvalue weighted by molar-refractivity contribution is 6.33. The van der Waals surface area contributed by atoms with Gasteiger partial charge in [-0.25, -0.2) is 9.97 Å². The fourth-order valence-corrected chi connectivity index (χ4v) is 1.84. The molecule has 0 bridgehead atoms. The quantitative estimate of drug-likeness (QED) is 0.857. The highest BCUT2D eigenvalue weighted by Crippen LogP contribution is 2.28. The molecule has 5 heteroatoms. The van der Waals surface area contributed by atoms with Crippen molar-refractivity contribution in [3.63, 3.8) is 0 Å². The summed E-state index contributed by atoms with van der Waals surface area (Å²) in [5.41, 5.74) is 7.55. The molecule has 0 aliphatic carbocycles. The van der Waals surface area contributed by atoms with Gasteiger partial charge in [0.15, 0.2) is 0 Å². The van der Waals surface area contributed by atoms with E-state index in [0.717, 1.165) is 11.3 Å². The lowest BCUT2D eigenvalue weighted by molar-refractivity contribution is 1.06. The van der Waals surface area contributed by atoms with E-state index in [9.17, 15) is 0 Å². The summed E-state index contributed by atoms with van der Waals surface area (Å²) in [5.74, 6) is 1.70. The summed E-state index contributed by atoms with van der Waals surface area (Å²) in [6, 6.07) is 7.39. The van der Waals surface area contributed by atoms with Crippen LogP contribution >= 0.6 is 11.6 Å². The van der Waals surface area contributed by atoms with Crippen LogP contribution < -0.4 is 11.1 Å². The highest BCUT2D eigenvalue weighted by Gasteiger charge is 2.05. The molecule has 17 heavy (non-hydrogen) atoms. The maximum atomic E-state index is 6.12. The summed E-state index contributed by atoms with van der Waals surface area (Å²) in [5, 5.41) is 3.81. The molecule has 2 rings (SSSR count). The van der Waals surface area contributed by atoms with Gasteiger partial charge in [-0.3, -0.25) is 0 Å².